The third-order valence-corrected chi connectivity index (χ3v) is 4.49. The lowest BCUT2D eigenvalue weighted by molar-refractivity contribution is -0.121. The molecular formula is C15H18N4O2S. The average molecular weight is 318 g/mol. The molecule has 3 rings (SSSR count). The largest absolute Gasteiger partial charge is 0.359 e. The summed E-state index contributed by atoms with van der Waals surface area (Å²) in [5.41, 5.74) is 3.22. The summed E-state index contributed by atoms with van der Waals surface area (Å²) in [5.74, 6) is 0.0238. The van der Waals surface area contributed by atoms with Crippen LogP contribution in [0.1, 0.15) is 22.6 Å². The normalized spacial score (nSPS) is 17.7. The van der Waals surface area contributed by atoms with Gasteiger partial charge in [0.05, 0.1) is 12.1 Å². The van der Waals surface area contributed by atoms with Crippen molar-refractivity contribution < 1.29 is 9.59 Å². The van der Waals surface area contributed by atoms with E-state index in [1.54, 1.807) is 22.8 Å². The first-order chi connectivity index (χ1) is 10.7. The summed E-state index contributed by atoms with van der Waals surface area (Å²) in [5, 5.41) is 4.42. The number of thiazole rings is 1. The first kappa shape index (κ1) is 14.8. The third kappa shape index (κ3) is 3.04. The van der Waals surface area contributed by atoms with Crippen LogP contribution in [0.4, 0.5) is 0 Å². The zero-order valence-corrected chi connectivity index (χ0v) is 13.2. The zero-order chi connectivity index (χ0) is 15.5. The minimum atomic E-state index is -0.0715. The molecule has 1 N–H and O–H groups in total. The smallest absolute Gasteiger partial charge is 0.273 e. The van der Waals surface area contributed by atoms with Crippen LogP contribution in [0.2, 0.25) is 0 Å². The molecule has 0 saturated carbocycles. The van der Waals surface area contributed by atoms with Gasteiger partial charge in [0, 0.05) is 49.7 Å². The van der Waals surface area contributed by atoms with E-state index in [1.807, 2.05) is 18.3 Å². The fourth-order valence-corrected chi connectivity index (χ4v) is 3.33. The molecule has 2 amide bonds. The first-order valence-corrected chi connectivity index (χ1v) is 8.13. The van der Waals surface area contributed by atoms with Crippen LogP contribution in [0.15, 0.2) is 29.2 Å². The number of hydrogen-bond acceptors (Lipinski definition) is 4. The predicted octanol–water partition coefficient (Wildman–Crippen LogP) is 1.35. The average Bonchev–Trinajstić information content (AvgIpc) is 3.15. The van der Waals surface area contributed by atoms with Crippen molar-refractivity contribution in [3.05, 3.63) is 40.6 Å². The Hall–Kier alpha value is -2.15. The van der Waals surface area contributed by atoms with Crippen LogP contribution in [-0.4, -0.2) is 39.9 Å². The molecule has 0 unspecified atom stereocenters. The summed E-state index contributed by atoms with van der Waals surface area (Å²) in [6, 6.07) is 3.99. The number of nitrogens with zero attached hydrogens (tertiary/aromatic N) is 3. The second-order valence-corrected chi connectivity index (χ2v) is 6.17. The van der Waals surface area contributed by atoms with Crippen LogP contribution in [0.3, 0.4) is 0 Å². The quantitative estimate of drug-likeness (QED) is 0.929. The Labute approximate surface area is 132 Å². The van der Waals surface area contributed by atoms with Gasteiger partial charge in [-0.25, -0.2) is 4.98 Å². The van der Waals surface area contributed by atoms with Gasteiger partial charge in [-0.2, -0.15) is 0 Å². The number of amides is 2. The van der Waals surface area contributed by atoms with Gasteiger partial charge >= 0.3 is 0 Å². The van der Waals surface area contributed by atoms with Crippen LogP contribution in [0.25, 0.3) is 0 Å². The SMILES string of the molecule is CNC(=O)C[C@@H]1CN(C(=O)c2cscn2)Cc2cccn2C1. The van der Waals surface area contributed by atoms with E-state index in [4.69, 9.17) is 0 Å². The van der Waals surface area contributed by atoms with Gasteiger partial charge in [-0.15, -0.1) is 11.3 Å². The number of nitrogens with one attached hydrogen (secondary N) is 1. The lowest BCUT2D eigenvalue weighted by atomic mass is 10.0. The van der Waals surface area contributed by atoms with E-state index >= 15 is 0 Å². The molecule has 0 bridgehead atoms. The van der Waals surface area contributed by atoms with E-state index in [2.05, 4.69) is 14.9 Å². The minimum Gasteiger partial charge on any atom is -0.359 e. The molecule has 116 valence electrons. The van der Waals surface area contributed by atoms with E-state index in [0.717, 1.165) is 12.2 Å². The topological polar surface area (TPSA) is 67.2 Å². The highest BCUT2D eigenvalue weighted by molar-refractivity contribution is 7.07. The lowest BCUT2D eigenvalue weighted by Crippen LogP contribution is -2.35. The van der Waals surface area contributed by atoms with E-state index in [-0.39, 0.29) is 17.7 Å². The monoisotopic (exact) mass is 318 g/mol. The van der Waals surface area contributed by atoms with E-state index in [1.165, 1.54) is 11.3 Å². The Balaban J connectivity index is 1.83. The molecule has 0 spiro atoms. The van der Waals surface area contributed by atoms with Crippen molar-refractivity contribution >= 4 is 23.2 Å². The molecule has 1 aliphatic heterocycles. The van der Waals surface area contributed by atoms with Crippen molar-refractivity contribution in [2.75, 3.05) is 13.6 Å². The maximum Gasteiger partial charge on any atom is 0.273 e. The molecule has 0 fully saturated rings. The van der Waals surface area contributed by atoms with Crippen LogP contribution >= 0.6 is 11.3 Å². The molecule has 7 heteroatoms. The van der Waals surface area contributed by atoms with Crippen LogP contribution in [0.5, 0.6) is 0 Å². The molecule has 3 heterocycles. The Morgan fingerprint density at radius 3 is 3.05 bits per heavy atom. The molecule has 1 atom stereocenters. The molecule has 6 nitrogen and oxygen atoms in total. The molecule has 2 aromatic rings. The summed E-state index contributed by atoms with van der Waals surface area (Å²) in [4.78, 5) is 30.2. The molecule has 22 heavy (non-hydrogen) atoms. The third-order valence-electron chi connectivity index (χ3n) is 3.90. The molecule has 0 radical (unpaired) electrons. The van der Waals surface area contributed by atoms with Crippen molar-refractivity contribution in [1.82, 2.24) is 19.8 Å². The fourth-order valence-electron chi connectivity index (χ4n) is 2.81. The van der Waals surface area contributed by atoms with E-state index in [9.17, 15) is 9.59 Å². The number of carbonyl (C=O) groups excluding carboxylic acids is 2. The van der Waals surface area contributed by atoms with Gasteiger partial charge in [-0.1, -0.05) is 0 Å². The van der Waals surface area contributed by atoms with Gasteiger partial charge in [0.1, 0.15) is 5.69 Å². The highest BCUT2D eigenvalue weighted by Crippen LogP contribution is 2.21. The summed E-state index contributed by atoms with van der Waals surface area (Å²) >= 11 is 1.41. The van der Waals surface area contributed by atoms with Gasteiger partial charge in [-0.3, -0.25) is 9.59 Å². The fraction of sp³-hybridized carbons (Fsp3) is 0.400. The Bertz CT molecular complexity index is 665. The van der Waals surface area contributed by atoms with Gasteiger partial charge in [-0.05, 0) is 12.1 Å². The van der Waals surface area contributed by atoms with E-state index in [0.29, 0.717) is 25.2 Å². The summed E-state index contributed by atoms with van der Waals surface area (Å²) in [7, 11) is 1.64. The summed E-state index contributed by atoms with van der Waals surface area (Å²) in [6.45, 7) is 1.86. The number of aromatic nitrogens is 2. The van der Waals surface area contributed by atoms with E-state index < -0.39 is 0 Å². The van der Waals surface area contributed by atoms with Crippen molar-refractivity contribution in [3.63, 3.8) is 0 Å². The van der Waals surface area contributed by atoms with Crippen molar-refractivity contribution in [2.45, 2.75) is 19.5 Å². The summed E-state index contributed by atoms with van der Waals surface area (Å²) in [6.07, 6.45) is 2.41. The number of fused-ring (bicyclic) bond motifs is 1. The van der Waals surface area contributed by atoms with Crippen LogP contribution < -0.4 is 5.32 Å². The van der Waals surface area contributed by atoms with Crippen LogP contribution in [-0.2, 0) is 17.9 Å². The van der Waals surface area contributed by atoms with Crippen molar-refractivity contribution in [3.8, 4) is 0 Å². The standard InChI is InChI=1S/C15H18N4O2S/c1-16-14(20)5-11-6-18-4-2-3-12(18)8-19(7-11)15(21)13-9-22-10-17-13/h2-4,9-11H,5-8H2,1H3,(H,16,20)/t11-/m0/s1. The van der Waals surface area contributed by atoms with Gasteiger partial charge in [0.25, 0.3) is 5.91 Å². The molecule has 0 saturated heterocycles. The highest BCUT2D eigenvalue weighted by Gasteiger charge is 2.27. The first-order valence-electron chi connectivity index (χ1n) is 7.19. The molecule has 0 aromatic carbocycles. The number of hydrogen-bond donors (Lipinski definition) is 1. The predicted molar refractivity (Wildman–Crippen MR) is 83.5 cm³/mol. The molecule has 0 aliphatic carbocycles. The summed E-state index contributed by atoms with van der Waals surface area (Å²) < 4.78 is 2.13. The van der Waals surface area contributed by atoms with Crippen LogP contribution in [0, 0.1) is 5.92 Å². The van der Waals surface area contributed by atoms with Crippen molar-refractivity contribution in [1.29, 1.82) is 0 Å². The second-order valence-electron chi connectivity index (χ2n) is 5.45. The van der Waals surface area contributed by atoms with Crippen molar-refractivity contribution in [2.24, 2.45) is 5.92 Å². The Morgan fingerprint density at radius 1 is 1.45 bits per heavy atom. The minimum absolute atomic E-state index is 0.00154. The Morgan fingerprint density at radius 2 is 2.32 bits per heavy atom. The molecule has 1 aliphatic rings. The molecule has 2 aromatic heterocycles. The lowest BCUT2D eigenvalue weighted by Gasteiger charge is -2.23. The molecular weight excluding hydrogens is 300 g/mol. The van der Waals surface area contributed by atoms with Gasteiger partial charge in [0.15, 0.2) is 0 Å². The Kier molecular flexibility index (Phi) is 4.24. The zero-order valence-electron chi connectivity index (χ0n) is 12.4. The number of carbonyl (C=O) groups is 2. The van der Waals surface area contributed by atoms with Gasteiger partial charge in [0.2, 0.25) is 5.91 Å². The highest BCUT2D eigenvalue weighted by atomic mass is 32.1. The van der Waals surface area contributed by atoms with Gasteiger partial charge < -0.3 is 14.8 Å². The second kappa shape index (κ2) is 6.31. The maximum atomic E-state index is 12.6. The maximum absolute atomic E-state index is 12.6. The number of rotatable bonds is 3.